The van der Waals surface area contributed by atoms with Gasteiger partial charge in [-0.1, -0.05) is 18.6 Å². The van der Waals surface area contributed by atoms with Gasteiger partial charge in [0.15, 0.2) is 0 Å². The highest BCUT2D eigenvalue weighted by molar-refractivity contribution is 6.06. The first-order valence-corrected chi connectivity index (χ1v) is 6.57. The second kappa shape index (κ2) is 8.70. The molecule has 0 aliphatic heterocycles. The Bertz CT molecular complexity index is 516. The molecule has 1 aromatic carbocycles. The first-order valence-electron chi connectivity index (χ1n) is 6.57. The Morgan fingerprint density at radius 1 is 1.10 bits per heavy atom. The summed E-state index contributed by atoms with van der Waals surface area (Å²) < 4.78 is 0. The summed E-state index contributed by atoms with van der Waals surface area (Å²) in [6.45, 7) is 0.417. The van der Waals surface area contributed by atoms with E-state index in [1.54, 1.807) is 12.1 Å². The summed E-state index contributed by atoms with van der Waals surface area (Å²) in [5.74, 6) is -1.68. The summed E-state index contributed by atoms with van der Waals surface area (Å²) in [5.41, 5.74) is 5.63. The highest BCUT2D eigenvalue weighted by Gasteiger charge is 2.13. The van der Waals surface area contributed by atoms with Crippen LogP contribution in [0.2, 0.25) is 0 Å². The van der Waals surface area contributed by atoms with Crippen molar-refractivity contribution in [3.05, 3.63) is 35.4 Å². The number of nitrogens with one attached hydrogen (secondary N) is 1. The number of primary amides is 1. The molecule has 0 aliphatic rings. The minimum atomic E-state index is -0.672. The quantitative estimate of drug-likeness (QED) is 0.377. The molecule has 0 aliphatic carbocycles. The van der Waals surface area contributed by atoms with Crippen molar-refractivity contribution in [3.8, 4) is 0 Å². The molecule has 0 atom stereocenters. The van der Waals surface area contributed by atoms with Gasteiger partial charge in [0.05, 0.1) is 11.1 Å². The van der Waals surface area contributed by atoms with Gasteiger partial charge < -0.3 is 15.9 Å². The third-order valence-corrected chi connectivity index (χ3v) is 2.88. The van der Waals surface area contributed by atoms with E-state index >= 15 is 0 Å². The number of carbonyl (C=O) groups is 3. The lowest BCUT2D eigenvalue weighted by Gasteiger charge is -2.07. The summed E-state index contributed by atoms with van der Waals surface area (Å²) >= 11 is 0. The molecule has 0 radical (unpaired) electrons. The Balaban J connectivity index is 2.35. The predicted octanol–water partition coefficient (Wildman–Crippen LogP) is 1.09. The molecular formula is C14H18N2O5. The van der Waals surface area contributed by atoms with Crippen molar-refractivity contribution in [1.29, 1.82) is 0 Å². The van der Waals surface area contributed by atoms with E-state index in [9.17, 15) is 14.4 Å². The molecule has 1 rings (SSSR count). The highest BCUT2D eigenvalue weighted by Crippen LogP contribution is 2.08. The van der Waals surface area contributed by atoms with Crippen molar-refractivity contribution in [2.24, 2.45) is 5.73 Å². The Hall–Kier alpha value is -2.41. The Morgan fingerprint density at radius 3 is 2.38 bits per heavy atom. The average Bonchev–Trinajstić information content (AvgIpc) is 2.50. The van der Waals surface area contributed by atoms with Crippen molar-refractivity contribution >= 4 is 17.8 Å². The van der Waals surface area contributed by atoms with E-state index < -0.39 is 11.9 Å². The molecule has 114 valence electrons. The van der Waals surface area contributed by atoms with Gasteiger partial charge in [-0.2, -0.15) is 5.26 Å². The van der Waals surface area contributed by atoms with Crippen LogP contribution in [-0.4, -0.2) is 29.6 Å². The number of rotatable bonds is 8. The topological polar surface area (TPSA) is 119 Å². The number of hydrogen-bond acceptors (Lipinski definition) is 5. The minimum Gasteiger partial charge on any atom is -0.366 e. The number of benzene rings is 1. The van der Waals surface area contributed by atoms with Crippen LogP contribution < -0.4 is 11.1 Å². The zero-order chi connectivity index (χ0) is 15.7. The van der Waals surface area contributed by atoms with Crippen LogP contribution in [0.25, 0.3) is 0 Å². The van der Waals surface area contributed by atoms with E-state index in [4.69, 9.17) is 11.0 Å². The van der Waals surface area contributed by atoms with Gasteiger partial charge >= 0.3 is 5.97 Å². The molecular weight excluding hydrogens is 276 g/mol. The fourth-order valence-electron chi connectivity index (χ4n) is 1.81. The number of hydrogen-bond donors (Lipinski definition) is 3. The Morgan fingerprint density at radius 2 is 1.76 bits per heavy atom. The van der Waals surface area contributed by atoms with Crippen LogP contribution in [0, 0.1) is 0 Å². The maximum Gasteiger partial charge on any atom is 0.342 e. The van der Waals surface area contributed by atoms with Gasteiger partial charge in [0, 0.05) is 13.0 Å². The maximum atomic E-state index is 11.9. The lowest BCUT2D eigenvalue weighted by molar-refractivity contribution is -0.234. The smallest absolute Gasteiger partial charge is 0.342 e. The normalized spacial score (nSPS) is 9.95. The maximum absolute atomic E-state index is 11.9. The van der Waals surface area contributed by atoms with E-state index in [0.717, 1.165) is 0 Å². The van der Waals surface area contributed by atoms with Gasteiger partial charge in [0.1, 0.15) is 0 Å². The van der Waals surface area contributed by atoms with Crippen molar-refractivity contribution in [1.82, 2.24) is 5.32 Å². The van der Waals surface area contributed by atoms with Gasteiger partial charge in [-0.25, -0.2) is 4.79 Å². The van der Waals surface area contributed by atoms with Gasteiger partial charge in [-0.3, -0.25) is 9.59 Å². The second-order valence-corrected chi connectivity index (χ2v) is 4.44. The van der Waals surface area contributed by atoms with E-state index in [-0.39, 0.29) is 23.5 Å². The molecule has 1 aromatic rings. The van der Waals surface area contributed by atoms with E-state index in [1.807, 2.05) is 0 Å². The van der Waals surface area contributed by atoms with Crippen LogP contribution in [0.3, 0.4) is 0 Å². The first-order chi connectivity index (χ1) is 10.1. The van der Waals surface area contributed by atoms with Gasteiger partial charge in [-0.15, -0.1) is 0 Å². The Labute approximate surface area is 122 Å². The largest absolute Gasteiger partial charge is 0.366 e. The fraction of sp³-hybridized carbons (Fsp3) is 0.357. The molecule has 0 fully saturated rings. The second-order valence-electron chi connectivity index (χ2n) is 4.44. The average molecular weight is 294 g/mol. The van der Waals surface area contributed by atoms with Crippen LogP contribution >= 0.6 is 0 Å². The third kappa shape index (κ3) is 5.62. The van der Waals surface area contributed by atoms with Crippen LogP contribution in [0.1, 0.15) is 46.4 Å². The zero-order valence-electron chi connectivity index (χ0n) is 11.5. The van der Waals surface area contributed by atoms with Crippen LogP contribution in [0.4, 0.5) is 0 Å². The minimum absolute atomic E-state index is 0.134. The number of amides is 2. The molecule has 7 heteroatoms. The standard InChI is InChI=1S/C14H18N2O5/c15-13(18)10-6-3-4-7-11(10)14(19)16-9-5-1-2-8-12(17)21-20/h3-4,6-7,20H,1-2,5,8-9H2,(H2,15,18)(H,16,19). The third-order valence-electron chi connectivity index (χ3n) is 2.88. The van der Waals surface area contributed by atoms with Crippen molar-refractivity contribution < 1.29 is 24.5 Å². The van der Waals surface area contributed by atoms with Gasteiger partial charge in [0.25, 0.3) is 5.91 Å². The SMILES string of the molecule is NC(=O)c1ccccc1C(=O)NCCCCCC(=O)OO. The Kier molecular flexibility index (Phi) is 6.90. The molecule has 0 saturated heterocycles. The molecule has 0 aromatic heterocycles. The van der Waals surface area contributed by atoms with Gasteiger partial charge in [-0.05, 0) is 25.0 Å². The fourth-order valence-corrected chi connectivity index (χ4v) is 1.81. The highest BCUT2D eigenvalue weighted by atomic mass is 17.1. The van der Waals surface area contributed by atoms with Crippen molar-refractivity contribution in [2.45, 2.75) is 25.7 Å². The molecule has 2 amide bonds. The molecule has 0 heterocycles. The first kappa shape index (κ1) is 16.6. The van der Waals surface area contributed by atoms with E-state index in [1.165, 1.54) is 12.1 Å². The summed E-state index contributed by atoms with van der Waals surface area (Å²) in [6, 6.07) is 6.32. The van der Waals surface area contributed by atoms with Crippen molar-refractivity contribution in [2.75, 3.05) is 6.54 Å². The lowest BCUT2D eigenvalue weighted by atomic mass is 10.1. The summed E-state index contributed by atoms with van der Waals surface area (Å²) in [5, 5.41) is 10.7. The number of carbonyl (C=O) groups excluding carboxylic acids is 3. The monoisotopic (exact) mass is 294 g/mol. The van der Waals surface area contributed by atoms with Gasteiger partial charge in [0.2, 0.25) is 5.91 Å². The molecule has 0 bridgehead atoms. The summed E-state index contributed by atoms with van der Waals surface area (Å²) in [6.07, 6.45) is 2.07. The van der Waals surface area contributed by atoms with Crippen molar-refractivity contribution in [3.63, 3.8) is 0 Å². The van der Waals surface area contributed by atoms with Crippen LogP contribution in [0.5, 0.6) is 0 Å². The van der Waals surface area contributed by atoms with E-state index in [0.29, 0.717) is 25.8 Å². The number of nitrogens with two attached hydrogens (primary N) is 1. The molecule has 0 unspecified atom stereocenters. The molecule has 21 heavy (non-hydrogen) atoms. The predicted molar refractivity (Wildman–Crippen MR) is 74.5 cm³/mol. The summed E-state index contributed by atoms with van der Waals surface area (Å²) in [7, 11) is 0. The van der Waals surface area contributed by atoms with Crippen LogP contribution in [0.15, 0.2) is 24.3 Å². The van der Waals surface area contributed by atoms with Crippen LogP contribution in [-0.2, 0) is 9.68 Å². The molecule has 0 saturated carbocycles. The molecule has 4 N–H and O–H groups in total. The summed E-state index contributed by atoms with van der Waals surface area (Å²) in [4.78, 5) is 37.3. The number of unbranched alkanes of at least 4 members (excludes halogenated alkanes) is 2. The molecule has 7 nitrogen and oxygen atoms in total. The molecule has 0 spiro atoms. The zero-order valence-corrected chi connectivity index (χ0v) is 11.5. The van der Waals surface area contributed by atoms with E-state index in [2.05, 4.69) is 10.2 Å². The lowest BCUT2D eigenvalue weighted by Crippen LogP contribution is -2.27.